The maximum Gasteiger partial charge on any atom is 0.0728 e. The summed E-state index contributed by atoms with van der Waals surface area (Å²) in [6.07, 6.45) is 4.07. The van der Waals surface area contributed by atoms with Gasteiger partial charge in [-0.25, -0.2) is 0 Å². The Labute approximate surface area is 80.2 Å². The highest BCUT2D eigenvalue weighted by Crippen LogP contribution is 2.22. The normalized spacial score (nSPS) is 38.3. The van der Waals surface area contributed by atoms with Crippen molar-refractivity contribution < 1.29 is 4.74 Å². The standard InChI is InChI=1S/C10H20N2O/c1-8(10-3-2-6-13-10)12-5-4-9(11)7-12/h8-10H,2-7,11H2,1H3. The average molecular weight is 184 g/mol. The highest BCUT2D eigenvalue weighted by Gasteiger charge is 2.30. The number of rotatable bonds is 2. The Kier molecular flexibility index (Phi) is 2.86. The minimum absolute atomic E-state index is 0.392. The van der Waals surface area contributed by atoms with Crippen molar-refractivity contribution in [2.75, 3.05) is 19.7 Å². The van der Waals surface area contributed by atoms with Gasteiger partial charge < -0.3 is 10.5 Å². The Hall–Kier alpha value is -0.120. The Morgan fingerprint density at radius 2 is 2.31 bits per heavy atom. The zero-order valence-electron chi connectivity index (χ0n) is 8.41. The lowest BCUT2D eigenvalue weighted by Gasteiger charge is -2.28. The van der Waals surface area contributed by atoms with Crippen LogP contribution in [0, 0.1) is 0 Å². The first-order valence-corrected chi connectivity index (χ1v) is 5.38. The molecule has 2 rings (SSSR count). The van der Waals surface area contributed by atoms with Crippen molar-refractivity contribution in [2.45, 2.75) is 44.4 Å². The van der Waals surface area contributed by atoms with Crippen LogP contribution < -0.4 is 5.73 Å². The van der Waals surface area contributed by atoms with Gasteiger partial charge >= 0.3 is 0 Å². The van der Waals surface area contributed by atoms with Crippen molar-refractivity contribution in [3.05, 3.63) is 0 Å². The van der Waals surface area contributed by atoms with Crippen LogP contribution in [0.3, 0.4) is 0 Å². The summed E-state index contributed by atoms with van der Waals surface area (Å²) in [5.41, 5.74) is 5.88. The lowest BCUT2D eigenvalue weighted by molar-refractivity contribution is 0.0403. The minimum atomic E-state index is 0.392. The van der Waals surface area contributed by atoms with Crippen molar-refractivity contribution >= 4 is 0 Å². The molecule has 0 aromatic rings. The first-order valence-electron chi connectivity index (χ1n) is 5.38. The van der Waals surface area contributed by atoms with Gasteiger partial charge in [0.05, 0.1) is 6.10 Å². The molecule has 3 atom stereocenters. The van der Waals surface area contributed by atoms with E-state index in [4.69, 9.17) is 10.5 Å². The summed E-state index contributed by atoms with van der Waals surface area (Å²) in [5, 5.41) is 0. The molecule has 0 saturated carbocycles. The van der Waals surface area contributed by atoms with Crippen LogP contribution in [0.5, 0.6) is 0 Å². The summed E-state index contributed by atoms with van der Waals surface area (Å²) in [5.74, 6) is 0. The smallest absolute Gasteiger partial charge is 0.0728 e. The van der Waals surface area contributed by atoms with Crippen LogP contribution in [0.4, 0.5) is 0 Å². The van der Waals surface area contributed by atoms with Crippen LogP contribution >= 0.6 is 0 Å². The lowest BCUT2D eigenvalue weighted by Crippen LogP contribution is -2.41. The maximum absolute atomic E-state index is 5.88. The summed E-state index contributed by atoms with van der Waals surface area (Å²) in [4.78, 5) is 2.47. The number of hydrogen-bond donors (Lipinski definition) is 1. The van der Waals surface area contributed by atoms with Crippen molar-refractivity contribution in [2.24, 2.45) is 5.73 Å². The second-order valence-corrected chi connectivity index (χ2v) is 4.34. The van der Waals surface area contributed by atoms with Crippen LogP contribution in [0.15, 0.2) is 0 Å². The first-order chi connectivity index (χ1) is 6.27. The monoisotopic (exact) mass is 184 g/mol. The fourth-order valence-electron chi connectivity index (χ4n) is 2.40. The SMILES string of the molecule is CC(C1CCCO1)N1CCC(N)C1. The zero-order valence-corrected chi connectivity index (χ0v) is 8.41. The molecule has 2 heterocycles. The third-order valence-electron chi connectivity index (χ3n) is 3.34. The van der Waals surface area contributed by atoms with E-state index in [-0.39, 0.29) is 0 Å². The van der Waals surface area contributed by atoms with Gasteiger partial charge in [-0.05, 0) is 26.2 Å². The predicted octanol–water partition coefficient (Wildman–Crippen LogP) is 0.587. The largest absolute Gasteiger partial charge is 0.377 e. The van der Waals surface area contributed by atoms with Gasteiger partial charge in [-0.2, -0.15) is 0 Å². The number of nitrogens with two attached hydrogens (primary N) is 1. The van der Waals surface area contributed by atoms with Gasteiger partial charge in [0.1, 0.15) is 0 Å². The molecular weight excluding hydrogens is 164 g/mol. The third-order valence-corrected chi connectivity index (χ3v) is 3.34. The van der Waals surface area contributed by atoms with Gasteiger partial charge in [-0.3, -0.25) is 4.90 Å². The predicted molar refractivity (Wildman–Crippen MR) is 52.6 cm³/mol. The van der Waals surface area contributed by atoms with E-state index in [0.29, 0.717) is 18.2 Å². The second-order valence-electron chi connectivity index (χ2n) is 4.34. The molecule has 0 spiro atoms. The molecule has 13 heavy (non-hydrogen) atoms. The Bertz CT molecular complexity index is 168. The molecular formula is C10H20N2O. The molecule has 0 bridgehead atoms. The molecule has 3 unspecified atom stereocenters. The topological polar surface area (TPSA) is 38.5 Å². The Morgan fingerprint density at radius 1 is 1.46 bits per heavy atom. The molecule has 2 saturated heterocycles. The molecule has 0 aliphatic carbocycles. The van der Waals surface area contributed by atoms with Crippen molar-refractivity contribution in [1.82, 2.24) is 4.90 Å². The lowest BCUT2D eigenvalue weighted by atomic mass is 10.1. The van der Waals surface area contributed by atoms with Gasteiger partial charge in [0.15, 0.2) is 0 Å². The van der Waals surface area contributed by atoms with E-state index in [1.807, 2.05) is 0 Å². The van der Waals surface area contributed by atoms with E-state index in [1.165, 1.54) is 12.8 Å². The van der Waals surface area contributed by atoms with Crippen LogP contribution in [-0.2, 0) is 4.74 Å². The maximum atomic E-state index is 5.88. The van der Waals surface area contributed by atoms with Gasteiger partial charge in [0, 0.05) is 31.8 Å². The van der Waals surface area contributed by atoms with Gasteiger partial charge in [-0.15, -0.1) is 0 Å². The fraction of sp³-hybridized carbons (Fsp3) is 1.00. The molecule has 3 nitrogen and oxygen atoms in total. The Morgan fingerprint density at radius 3 is 2.85 bits per heavy atom. The van der Waals surface area contributed by atoms with E-state index < -0.39 is 0 Å². The van der Waals surface area contributed by atoms with Crippen molar-refractivity contribution in [3.8, 4) is 0 Å². The number of hydrogen-bond acceptors (Lipinski definition) is 3. The van der Waals surface area contributed by atoms with Crippen LogP contribution in [0.2, 0.25) is 0 Å². The first kappa shape index (κ1) is 9.44. The molecule has 3 heteroatoms. The van der Waals surface area contributed by atoms with E-state index in [0.717, 1.165) is 26.1 Å². The van der Waals surface area contributed by atoms with Crippen LogP contribution in [0.25, 0.3) is 0 Å². The summed E-state index contributed by atoms with van der Waals surface area (Å²) >= 11 is 0. The highest BCUT2D eigenvalue weighted by molar-refractivity contribution is 4.86. The molecule has 2 aliphatic rings. The molecule has 0 aromatic carbocycles. The molecule has 76 valence electrons. The van der Waals surface area contributed by atoms with Gasteiger partial charge in [-0.1, -0.05) is 0 Å². The van der Waals surface area contributed by atoms with E-state index >= 15 is 0 Å². The van der Waals surface area contributed by atoms with Crippen molar-refractivity contribution in [1.29, 1.82) is 0 Å². The molecule has 0 amide bonds. The van der Waals surface area contributed by atoms with Gasteiger partial charge in [0.25, 0.3) is 0 Å². The summed E-state index contributed by atoms with van der Waals surface area (Å²) in [6.45, 7) is 5.44. The summed E-state index contributed by atoms with van der Waals surface area (Å²) in [7, 11) is 0. The van der Waals surface area contributed by atoms with Crippen molar-refractivity contribution in [3.63, 3.8) is 0 Å². The van der Waals surface area contributed by atoms with Crippen LogP contribution in [-0.4, -0.2) is 42.8 Å². The minimum Gasteiger partial charge on any atom is -0.377 e. The average Bonchev–Trinajstić information content (AvgIpc) is 2.72. The second kappa shape index (κ2) is 3.95. The number of likely N-dealkylation sites (tertiary alicyclic amines) is 1. The van der Waals surface area contributed by atoms with E-state index in [9.17, 15) is 0 Å². The molecule has 2 fully saturated rings. The molecule has 2 aliphatic heterocycles. The quantitative estimate of drug-likeness (QED) is 0.682. The summed E-state index contributed by atoms with van der Waals surface area (Å²) < 4.78 is 5.68. The molecule has 0 aromatic heterocycles. The number of nitrogens with zero attached hydrogens (tertiary/aromatic N) is 1. The van der Waals surface area contributed by atoms with E-state index in [1.54, 1.807) is 0 Å². The zero-order chi connectivity index (χ0) is 9.26. The number of ether oxygens (including phenoxy) is 1. The van der Waals surface area contributed by atoms with Gasteiger partial charge in [0.2, 0.25) is 0 Å². The molecule has 0 radical (unpaired) electrons. The summed E-state index contributed by atoms with van der Waals surface area (Å²) in [6, 6.07) is 0.958. The van der Waals surface area contributed by atoms with E-state index in [2.05, 4.69) is 11.8 Å². The third kappa shape index (κ3) is 2.03. The highest BCUT2D eigenvalue weighted by atomic mass is 16.5. The molecule has 2 N–H and O–H groups in total. The fourth-order valence-corrected chi connectivity index (χ4v) is 2.40. The Balaban J connectivity index is 1.85. The van der Waals surface area contributed by atoms with Crippen LogP contribution in [0.1, 0.15) is 26.2 Å².